The Morgan fingerprint density at radius 2 is 1.02 bits per heavy atom. The number of hydrogen-bond donors (Lipinski definition) is 2. The van der Waals surface area contributed by atoms with Crippen LogP contribution in [-0.4, -0.2) is 9.97 Å². The van der Waals surface area contributed by atoms with Crippen molar-refractivity contribution in [3.05, 3.63) is 143 Å². The zero-order valence-electron chi connectivity index (χ0n) is 26.5. The SMILES string of the molecule is C(=C\c1ccc(-c2cccs2)s1)/c1ccc2c(ccc3c4cc5[nH]c6c7ccc(-c8ccc(-c9cccs9)s8)cc7ccc6c5cc4[nH]c23)c1. The number of benzene rings is 5. The van der Waals surface area contributed by atoms with Crippen LogP contribution in [0.1, 0.15) is 10.4 Å². The van der Waals surface area contributed by atoms with E-state index in [2.05, 4.69) is 154 Å². The van der Waals surface area contributed by atoms with Gasteiger partial charge in [-0.05, 0) is 99.4 Å². The van der Waals surface area contributed by atoms with E-state index in [-0.39, 0.29) is 0 Å². The smallest absolute Gasteiger partial charge is 0.0544 e. The number of aromatic amines is 2. The summed E-state index contributed by atoms with van der Waals surface area (Å²) in [7, 11) is 0. The summed E-state index contributed by atoms with van der Waals surface area (Å²) in [4.78, 5) is 15.5. The summed E-state index contributed by atoms with van der Waals surface area (Å²) in [5.41, 5.74) is 7.19. The Balaban J connectivity index is 0.949. The lowest BCUT2D eigenvalue weighted by molar-refractivity contribution is 1.56. The summed E-state index contributed by atoms with van der Waals surface area (Å²) in [5, 5.41) is 14.3. The molecule has 0 spiro atoms. The van der Waals surface area contributed by atoms with Crippen LogP contribution in [-0.2, 0) is 0 Å². The van der Waals surface area contributed by atoms with Crippen molar-refractivity contribution in [3.63, 3.8) is 0 Å². The third-order valence-corrected chi connectivity index (χ3v) is 14.1. The molecule has 0 saturated carbocycles. The first-order valence-electron chi connectivity index (χ1n) is 16.5. The van der Waals surface area contributed by atoms with E-state index in [1.165, 1.54) is 106 Å². The monoisotopic (exact) mass is 710 g/mol. The fraction of sp³-hybridized carbons (Fsp3) is 0. The van der Waals surface area contributed by atoms with Gasteiger partial charge in [0, 0.05) is 72.6 Å². The first-order chi connectivity index (χ1) is 24.7. The Morgan fingerprint density at radius 3 is 1.70 bits per heavy atom. The fourth-order valence-electron chi connectivity index (χ4n) is 7.39. The van der Waals surface area contributed by atoms with Gasteiger partial charge in [0.05, 0.1) is 11.0 Å². The second-order valence-electron chi connectivity index (χ2n) is 12.7. The van der Waals surface area contributed by atoms with Crippen LogP contribution < -0.4 is 0 Å². The highest BCUT2D eigenvalue weighted by Gasteiger charge is 2.14. The number of rotatable bonds is 5. The van der Waals surface area contributed by atoms with Crippen LogP contribution in [0, 0.1) is 0 Å². The topological polar surface area (TPSA) is 31.6 Å². The summed E-state index contributed by atoms with van der Waals surface area (Å²) < 4.78 is 0. The molecule has 0 aliphatic rings. The standard InChI is InChI=1S/C44H26N2S4/c1-3-39(47-19-1)41-16-11-29(49-41)10-5-25-6-12-30-26(21-25)7-14-32-34-23-37-35(24-36(34)45-43(30)32)33-15-8-27-22-28(9-13-31(27)44(33)46-37)38-17-18-42(50-38)40-4-2-20-48-40/h1-24,45-46H/b10-5+. The van der Waals surface area contributed by atoms with Crippen molar-refractivity contribution in [2.24, 2.45) is 0 Å². The van der Waals surface area contributed by atoms with Crippen LogP contribution >= 0.6 is 45.3 Å². The number of H-pyrrole nitrogens is 2. The molecule has 0 amide bonds. The van der Waals surface area contributed by atoms with E-state index >= 15 is 0 Å². The molecule has 11 rings (SSSR count). The second kappa shape index (κ2) is 11.1. The Hall–Kier alpha value is -5.24. The molecule has 6 heterocycles. The molecule has 0 aliphatic carbocycles. The molecule has 0 radical (unpaired) electrons. The van der Waals surface area contributed by atoms with Gasteiger partial charge >= 0.3 is 0 Å². The molecule has 2 N–H and O–H groups in total. The first kappa shape index (κ1) is 28.6. The summed E-state index contributed by atoms with van der Waals surface area (Å²) >= 11 is 7.29. The largest absolute Gasteiger partial charge is 0.354 e. The van der Waals surface area contributed by atoms with Gasteiger partial charge in [0.15, 0.2) is 0 Å². The van der Waals surface area contributed by atoms with Crippen molar-refractivity contribution in [1.29, 1.82) is 0 Å². The lowest BCUT2D eigenvalue weighted by Crippen LogP contribution is -1.78. The van der Waals surface area contributed by atoms with E-state index in [1.54, 1.807) is 22.7 Å². The molecule has 0 fully saturated rings. The zero-order chi connectivity index (χ0) is 32.8. The van der Waals surface area contributed by atoms with Crippen molar-refractivity contribution in [1.82, 2.24) is 9.97 Å². The minimum Gasteiger partial charge on any atom is -0.354 e. The molecule has 50 heavy (non-hydrogen) atoms. The van der Waals surface area contributed by atoms with Gasteiger partial charge in [-0.25, -0.2) is 0 Å². The third kappa shape index (κ3) is 4.57. The Bertz CT molecular complexity index is 3090. The molecule has 2 nitrogen and oxygen atoms in total. The highest BCUT2D eigenvalue weighted by Crippen LogP contribution is 2.41. The Kier molecular flexibility index (Phi) is 6.37. The summed E-state index contributed by atoms with van der Waals surface area (Å²) in [6, 6.07) is 45.0. The van der Waals surface area contributed by atoms with Crippen molar-refractivity contribution in [2.45, 2.75) is 0 Å². The second-order valence-corrected chi connectivity index (χ2v) is 16.8. The van der Waals surface area contributed by atoms with Gasteiger partial charge in [0.2, 0.25) is 0 Å². The molecule has 0 aliphatic heterocycles. The van der Waals surface area contributed by atoms with Gasteiger partial charge < -0.3 is 9.97 Å². The van der Waals surface area contributed by atoms with Crippen LogP contribution in [0.25, 0.3) is 107 Å². The van der Waals surface area contributed by atoms with Gasteiger partial charge in [0.1, 0.15) is 0 Å². The molecule has 0 unspecified atom stereocenters. The van der Waals surface area contributed by atoms with Crippen LogP contribution in [0.3, 0.4) is 0 Å². The molecule has 5 aromatic carbocycles. The van der Waals surface area contributed by atoms with Crippen molar-refractivity contribution < 1.29 is 0 Å². The summed E-state index contributed by atoms with van der Waals surface area (Å²) in [6.07, 6.45) is 4.45. The first-order valence-corrected chi connectivity index (χ1v) is 19.9. The van der Waals surface area contributed by atoms with Crippen LogP contribution in [0.15, 0.2) is 132 Å². The quantitative estimate of drug-likeness (QED) is 0.178. The number of aromatic nitrogens is 2. The lowest BCUT2D eigenvalue weighted by Gasteiger charge is -2.03. The van der Waals surface area contributed by atoms with Gasteiger partial charge in [-0.1, -0.05) is 66.7 Å². The van der Waals surface area contributed by atoms with Gasteiger partial charge in [-0.2, -0.15) is 0 Å². The maximum atomic E-state index is 3.81. The Morgan fingerprint density at radius 1 is 0.420 bits per heavy atom. The third-order valence-electron chi connectivity index (χ3n) is 9.81. The minimum atomic E-state index is 1.17. The molecule has 236 valence electrons. The van der Waals surface area contributed by atoms with E-state index in [9.17, 15) is 0 Å². The van der Waals surface area contributed by atoms with Crippen LogP contribution in [0.4, 0.5) is 0 Å². The highest BCUT2D eigenvalue weighted by molar-refractivity contribution is 7.23. The van der Waals surface area contributed by atoms with E-state index in [1.807, 2.05) is 22.7 Å². The molecule has 0 atom stereocenters. The van der Waals surface area contributed by atoms with Gasteiger partial charge in [0.25, 0.3) is 0 Å². The van der Waals surface area contributed by atoms with Crippen LogP contribution in [0.5, 0.6) is 0 Å². The van der Waals surface area contributed by atoms with E-state index < -0.39 is 0 Å². The lowest BCUT2D eigenvalue weighted by atomic mass is 10.0. The molecule has 6 heteroatoms. The molecular weight excluding hydrogens is 685 g/mol. The highest BCUT2D eigenvalue weighted by atomic mass is 32.1. The molecule has 0 saturated heterocycles. The predicted octanol–water partition coefficient (Wildman–Crippen LogP) is 14.7. The number of fused-ring (bicyclic) bond motifs is 10. The molecular formula is C44H26N2S4. The van der Waals surface area contributed by atoms with Gasteiger partial charge in [-0.3, -0.25) is 0 Å². The van der Waals surface area contributed by atoms with Crippen LogP contribution in [0.2, 0.25) is 0 Å². The van der Waals surface area contributed by atoms with Gasteiger partial charge in [-0.15, -0.1) is 45.3 Å². The van der Waals surface area contributed by atoms with E-state index in [4.69, 9.17) is 0 Å². The fourth-order valence-corrected chi connectivity index (χ4v) is 11.0. The van der Waals surface area contributed by atoms with E-state index in [0.717, 1.165) is 0 Å². The van der Waals surface area contributed by atoms with Crippen molar-refractivity contribution in [2.75, 3.05) is 0 Å². The number of thiophene rings is 4. The zero-order valence-corrected chi connectivity index (χ0v) is 29.8. The molecule has 6 aromatic heterocycles. The van der Waals surface area contributed by atoms with Crippen molar-refractivity contribution in [3.8, 4) is 29.9 Å². The number of nitrogens with one attached hydrogen (secondary N) is 2. The average Bonchev–Trinajstić information content (AvgIpc) is 4.00. The molecule has 0 bridgehead atoms. The summed E-state index contributed by atoms with van der Waals surface area (Å²) in [6.45, 7) is 0. The number of hydrogen-bond acceptors (Lipinski definition) is 4. The van der Waals surface area contributed by atoms with E-state index in [0.29, 0.717) is 0 Å². The van der Waals surface area contributed by atoms with Crippen molar-refractivity contribution >= 4 is 123 Å². The average molecular weight is 711 g/mol. The molecule has 11 aromatic rings. The Labute approximate surface area is 303 Å². The maximum absolute atomic E-state index is 3.81. The summed E-state index contributed by atoms with van der Waals surface area (Å²) in [5.74, 6) is 0. The predicted molar refractivity (Wildman–Crippen MR) is 223 cm³/mol. The maximum Gasteiger partial charge on any atom is 0.0544 e. The normalized spacial score (nSPS) is 12.3. The minimum absolute atomic E-state index is 1.17.